The molecule has 2 N–H and O–H groups in total. The maximum absolute atomic E-state index is 4.82. The Labute approximate surface area is 169 Å². The molecule has 0 amide bonds. The van der Waals surface area contributed by atoms with Crippen molar-refractivity contribution in [2.75, 3.05) is 0 Å². The Morgan fingerprint density at radius 3 is 2.60 bits per heavy atom. The summed E-state index contributed by atoms with van der Waals surface area (Å²) in [5.74, 6) is 1.34. The van der Waals surface area contributed by atoms with Gasteiger partial charge in [-0.05, 0) is 37.3 Å². The monoisotopic (exact) mass is 393 g/mol. The summed E-state index contributed by atoms with van der Waals surface area (Å²) in [7, 11) is 0. The fourth-order valence-corrected chi connectivity index (χ4v) is 3.51. The SMILES string of the molecule is Cc1cn(-c2nccc3[nH]c(-c4n[nH]c5ccc(-c6ccncc6)nc45)nc23)cn1. The number of aryl methyl sites for hydroxylation is 1. The number of nitrogens with one attached hydrogen (secondary N) is 2. The first-order valence-corrected chi connectivity index (χ1v) is 9.38. The lowest BCUT2D eigenvalue weighted by molar-refractivity contribution is 1.00. The summed E-state index contributed by atoms with van der Waals surface area (Å²) in [4.78, 5) is 25.8. The van der Waals surface area contributed by atoms with E-state index in [1.807, 2.05) is 48.0 Å². The van der Waals surface area contributed by atoms with Gasteiger partial charge >= 0.3 is 0 Å². The molecule has 0 radical (unpaired) electrons. The first-order valence-electron chi connectivity index (χ1n) is 9.38. The van der Waals surface area contributed by atoms with Gasteiger partial charge in [0.05, 0.1) is 22.4 Å². The van der Waals surface area contributed by atoms with E-state index in [9.17, 15) is 0 Å². The molecule has 0 spiro atoms. The van der Waals surface area contributed by atoms with Gasteiger partial charge in [-0.1, -0.05) is 0 Å². The average molecular weight is 393 g/mol. The molecule has 30 heavy (non-hydrogen) atoms. The fraction of sp³-hybridized carbons (Fsp3) is 0.0476. The van der Waals surface area contributed by atoms with E-state index in [0.29, 0.717) is 17.3 Å². The molecule has 0 bridgehead atoms. The van der Waals surface area contributed by atoms with Crippen LogP contribution < -0.4 is 0 Å². The highest BCUT2D eigenvalue weighted by Crippen LogP contribution is 2.28. The van der Waals surface area contributed by atoms with Crippen molar-refractivity contribution >= 4 is 22.1 Å². The van der Waals surface area contributed by atoms with Gasteiger partial charge in [-0.25, -0.2) is 19.9 Å². The summed E-state index contributed by atoms with van der Waals surface area (Å²) in [5, 5.41) is 7.51. The van der Waals surface area contributed by atoms with E-state index < -0.39 is 0 Å². The summed E-state index contributed by atoms with van der Waals surface area (Å²) in [6.07, 6.45) is 8.91. The largest absolute Gasteiger partial charge is 0.336 e. The van der Waals surface area contributed by atoms with Crippen molar-refractivity contribution < 1.29 is 0 Å². The molecule has 9 nitrogen and oxygen atoms in total. The maximum atomic E-state index is 4.82. The molecular weight excluding hydrogens is 378 g/mol. The van der Waals surface area contributed by atoms with Crippen molar-refractivity contribution in [1.29, 1.82) is 0 Å². The summed E-state index contributed by atoms with van der Waals surface area (Å²) >= 11 is 0. The van der Waals surface area contributed by atoms with Crippen LogP contribution >= 0.6 is 0 Å². The van der Waals surface area contributed by atoms with Gasteiger partial charge in [-0.15, -0.1) is 0 Å². The zero-order chi connectivity index (χ0) is 20.1. The molecular formula is C21H15N9. The van der Waals surface area contributed by atoms with Crippen LogP contribution in [-0.2, 0) is 0 Å². The van der Waals surface area contributed by atoms with E-state index in [2.05, 4.69) is 30.1 Å². The number of imidazole rings is 2. The predicted octanol–water partition coefficient (Wildman–Crippen LogP) is 3.45. The van der Waals surface area contributed by atoms with E-state index in [4.69, 9.17) is 9.97 Å². The van der Waals surface area contributed by atoms with E-state index in [0.717, 1.165) is 39.0 Å². The number of aromatic nitrogens is 9. The van der Waals surface area contributed by atoms with Crippen LogP contribution in [0.1, 0.15) is 5.69 Å². The normalized spacial score (nSPS) is 11.5. The third-order valence-electron chi connectivity index (χ3n) is 4.95. The van der Waals surface area contributed by atoms with Crippen LogP contribution in [0.25, 0.3) is 50.7 Å². The van der Waals surface area contributed by atoms with Crippen LogP contribution in [0.4, 0.5) is 0 Å². The van der Waals surface area contributed by atoms with Crippen LogP contribution in [-0.4, -0.2) is 44.7 Å². The third-order valence-corrected chi connectivity index (χ3v) is 4.95. The topological polar surface area (TPSA) is 114 Å². The number of pyridine rings is 3. The van der Waals surface area contributed by atoms with E-state index in [1.54, 1.807) is 24.9 Å². The zero-order valence-corrected chi connectivity index (χ0v) is 15.9. The van der Waals surface area contributed by atoms with Crippen molar-refractivity contribution in [2.45, 2.75) is 6.92 Å². The number of H-pyrrole nitrogens is 2. The van der Waals surface area contributed by atoms with E-state index in [-0.39, 0.29) is 0 Å². The molecule has 6 heterocycles. The van der Waals surface area contributed by atoms with Gasteiger partial charge < -0.3 is 4.98 Å². The Morgan fingerprint density at radius 2 is 1.77 bits per heavy atom. The summed E-state index contributed by atoms with van der Waals surface area (Å²) < 4.78 is 1.87. The second-order valence-corrected chi connectivity index (χ2v) is 6.94. The van der Waals surface area contributed by atoms with Crippen LogP contribution in [0.5, 0.6) is 0 Å². The fourth-order valence-electron chi connectivity index (χ4n) is 3.51. The van der Waals surface area contributed by atoms with Gasteiger partial charge in [0.2, 0.25) is 0 Å². The molecule has 6 rings (SSSR count). The van der Waals surface area contributed by atoms with Crippen molar-refractivity contribution in [3.8, 4) is 28.6 Å². The zero-order valence-electron chi connectivity index (χ0n) is 15.9. The molecule has 0 saturated heterocycles. The van der Waals surface area contributed by atoms with Crippen LogP contribution in [0.2, 0.25) is 0 Å². The summed E-state index contributed by atoms with van der Waals surface area (Å²) in [6.45, 7) is 1.94. The third kappa shape index (κ3) is 2.56. The van der Waals surface area contributed by atoms with Crippen molar-refractivity contribution in [1.82, 2.24) is 44.7 Å². The highest BCUT2D eigenvalue weighted by atomic mass is 15.2. The Kier molecular flexibility index (Phi) is 3.48. The van der Waals surface area contributed by atoms with Gasteiger partial charge in [0.1, 0.15) is 17.4 Å². The van der Waals surface area contributed by atoms with Crippen LogP contribution in [0, 0.1) is 6.92 Å². The Morgan fingerprint density at radius 1 is 0.867 bits per heavy atom. The molecule has 0 unspecified atom stereocenters. The van der Waals surface area contributed by atoms with Gasteiger partial charge in [-0.2, -0.15) is 5.10 Å². The molecule has 6 aromatic rings. The minimum atomic E-state index is 0.627. The number of nitrogens with zero attached hydrogens (tertiary/aromatic N) is 7. The quantitative estimate of drug-likeness (QED) is 0.476. The molecule has 0 aliphatic carbocycles. The lowest BCUT2D eigenvalue weighted by Crippen LogP contribution is -1.95. The summed E-state index contributed by atoms with van der Waals surface area (Å²) in [5.41, 5.74) is 6.60. The average Bonchev–Trinajstić information content (AvgIpc) is 3.51. The number of aromatic amines is 2. The maximum Gasteiger partial charge on any atom is 0.166 e. The van der Waals surface area contributed by atoms with E-state index >= 15 is 0 Å². The number of hydrogen-bond acceptors (Lipinski definition) is 6. The molecule has 0 atom stereocenters. The Bertz CT molecular complexity index is 1510. The van der Waals surface area contributed by atoms with Crippen molar-refractivity contribution in [2.24, 2.45) is 0 Å². The van der Waals surface area contributed by atoms with Gasteiger partial charge in [0.15, 0.2) is 17.3 Å². The molecule has 0 aliphatic heterocycles. The van der Waals surface area contributed by atoms with Gasteiger partial charge in [0.25, 0.3) is 0 Å². The molecule has 6 aromatic heterocycles. The number of fused-ring (bicyclic) bond motifs is 2. The van der Waals surface area contributed by atoms with Crippen LogP contribution in [0.15, 0.2) is 61.4 Å². The highest BCUT2D eigenvalue weighted by molar-refractivity contribution is 5.92. The number of rotatable bonds is 3. The highest BCUT2D eigenvalue weighted by Gasteiger charge is 2.17. The molecule has 0 fully saturated rings. The lowest BCUT2D eigenvalue weighted by atomic mass is 10.1. The van der Waals surface area contributed by atoms with Crippen LogP contribution in [0.3, 0.4) is 0 Å². The first-order chi connectivity index (χ1) is 14.8. The van der Waals surface area contributed by atoms with Crippen molar-refractivity contribution in [3.05, 3.63) is 67.1 Å². The Balaban J connectivity index is 1.52. The molecule has 0 aromatic carbocycles. The van der Waals surface area contributed by atoms with E-state index in [1.165, 1.54) is 0 Å². The smallest absolute Gasteiger partial charge is 0.166 e. The first kappa shape index (κ1) is 16.5. The summed E-state index contributed by atoms with van der Waals surface area (Å²) in [6, 6.07) is 9.68. The molecule has 144 valence electrons. The van der Waals surface area contributed by atoms with Gasteiger partial charge in [-0.3, -0.25) is 14.6 Å². The number of hydrogen-bond donors (Lipinski definition) is 2. The lowest BCUT2D eigenvalue weighted by Gasteiger charge is -2.00. The molecule has 0 aliphatic rings. The molecule has 0 saturated carbocycles. The Hall–Kier alpha value is -4.40. The standard InChI is InChI=1S/C21H15N9/c1-12-10-30(11-24-12)21-18-15(6-9-23-21)26-20(27-18)19-17-16(28-29-19)3-2-14(25-17)13-4-7-22-8-5-13/h2-11H,1H3,(H,26,27)(H,28,29). The second-order valence-electron chi connectivity index (χ2n) is 6.94. The second kappa shape index (κ2) is 6.31. The van der Waals surface area contributed by atoms with Gasteiger partial charge in [0, 0.05) is 30.4 Å². The van der Waals surface area contributed by atoms with Crippen molar-refractivity contribution in [3.63, 3.8) is 0 Å². The minimum absolute atomic E-state index is 0.627. The molecule has 9 heteroatoms. The minimum Gasteiger partial charge on any atom is -0.336 e. The predicted molar refractivity (Wildman–Crippen MR) is 112 cm³/mol.